The molecule has 1 heterocycles. The second kappa shape index (κ2) is 9.08. The van der Waals surface area contributed by atoms with Gasteiger partial charge in [0.1, 0.15) is 9.84 Å². The maximum atomic E-state index is 11.3. The maximum absolute atomic E-state index is 11.3. The summed E-state index contributed by atoms with van der Waals surface area (Å²) in [7, 11) is -3.00. The summed E-state index contributed by atoms with van der Waals surface area (Å²) in [4.78, 5) is 6.79. The average Bonchev–Trinajstić information content (AvgIpc) is 3.08. The lowest BCUT2D eigenvalue weighted by atomic mass is 10.1. The molecule has 1 unspecified atom stereocenters. The number of benzene rings is 1. The summed E-state index contributed by atoms with van der Waals surface area (Å²) in [6.07, 6.45) is 3.75. The van der Waals surface area contributed by atoms with Crippen LogP contribution in [0.25, 0.3) is 0 Å². The van der Waals surface area contributed by atoms with Crippen LogP contribution in [0, 0.1) is 0 Å². The van der Waals surface area contributed by atoms with E-state index in [0.29, 0.717) is 5.96 Å². The third kappa shape index (κ3) is 6.57. The fraction of sp³-hybridized carbons (Fsp3) is 0.611. The average molecular weight is 367 g/mol. The highest BCUT2D eigenvalue weighted by atomic mass is 32.2. The van der Waals surface area contributed by atoms with E-state index >= 15 is 0 Å². The van der Waals surface area contributed by atoms with Crippen molar-refractivity contribution in [2.24, 2.45) is 4.99 Å². The molecule has 0 amide bonds. The number of nitrogens with zero attached hydrogens (tertiary/aromatic N) is 2. The third-order valence-electron chi connectivity index (χ3n) is 4.27. The summed E-state index contributed by atoms with van der Waals surface area (Å²) in [6.45, 7) is 7.32. The van der Waals surface area contributed by atoms with Crippen LogP contribution in [0.3, 0.4) is 0 Å². The molecule has 6 nitrogen and oxygen atoms in total. The highest BCUT2D eigenvalue weighted by Crippen LogP contribution is 2.23. The van der Waals surface area contributed by atoms with Gasteiger partial charge in [0.05, 0.1) is 18.3 Å². The molecular formula is C18H30N4O2S. The lowest BCUT2D eigenvalue weighted by Crippen LogP contribution is -2.39. The second-order valence-electron chi connectivity index (χ2n) is 6.55. The summed E-state index contributed by atoms with van der Waals surface area (Å²) in [5.74, 6) is 0.702. The largest absolute Gasteiger partial charge is 0.372 e. The van der Waals surface area contributed by atoms with Gasteiger partial charge in [0, 0.05) is 31.6 Å². The van der Waals surface area contributed by atoms with E-state index in [1.54, 1.807) is 0 Å². The lowest BCUT2D eigenvalue weighted by Gasteiger charge is -2.22. The molecule has 2 rings (SSSR count). The highest BCUT2D eigenvalue weighted by molar-refractivity contribution is 7.90. The first-order valence-corrected chi connectivity index (χ1v) is 11.0. The molecule has 0 aliphatic carbocycles. The molecule has 2 N–H and O–H groups in total. The van der Waals surface area contributed by atoms with Gasteiger partial charge in [-0.15, -0.1) is 0 Å². The zero-order valence-electron chi connectivity index (χ0n) is 15.5. The first kappa shape index (κ1) is 19.6. The Labute approximate surface area is 151 Å². The van der Waals surface area contributed by atoms with Gasteiger partial charge < -0.3 is 15.5 Å². The number of hydrogen-bond acceptors (Lipinski definition) is 4. The summed E-state index contributed by atoms with van der Waals surface area (Å²) < 4.78 is 22.5. The van der Waals surface area contributed by atoms with Crippen molar-refractivity contribution >= 4 is 21.5 Å². The van der Waals surface area contributed by atoms with Gasteiger partial charge in [0.2, 0.25) is 0 Å². The number of rotatable bonds is 7. The Hall–Kier alpha value is -1.76. The third-order valence-corrected chi connectivity index (χ3v) is 5.20. The van der Waals surface area contributed by atoms with E-state index in [-0.39, 0.29) is 18.3 Å². The summed E-state index contributed by atoms with van der Waals surface area (Å²) in [6, 6.07) is 8.67. The number of anilines is 1. The molecule has 1 aliphatic rings. The van der Waals surface area contributed by atoms with Gasteiger partial charge in [-0.05, 0) is 44.4 Å². The molecular weight excluding hydrogens is 336 g/mol. The minimum atomic E-state index is -3.00. The second-order valence-corrected chi connectivity index (χ2v) is 8.81. The normalized spacial score (nSPS) is 16.8. The molecule has 0 saturated carbocycles. The topological polar surface area (TPSA) is 73.8 Å². The van der Waals surface area contributed by atoms with Crippen molar-refractivity contribution in [3.63, 3.8) is 0 Å². The van der Waals surface area contributed by atoms with Crippen LogP contribution in [0.1, 0.15) is 38.3 Å². The minimum absolute atomic E-state index is 0.0579. The lowest BCUT2D eigenvalue weighted by molar-refractivity contribution is 0.601. The standard InChI is InChI=1S/C18H30N4O2S/c1-4-19-18(20-10-13-25(3,23)24)21-15(2)16-8-7-9-17(14-16)22-11-5-6-12-22/h7-9,14-15H,4-6,10-13H2,1-3H3,(H2,19,20,21). The molecule has 0 spiro atoms. The Bertz CT molecular complexity index is 682. The van der Waals surface area contributed by atoms with E-state index in [1.807, 2.05) is 6.92 Å². The molecule has 0 radical (unpaired) electrons. The number of aliphatic imine (C=N–C) groups is 1. The molecule has 1 atom stereocenters. The number of nitrogens with one attached hydrogen (secondary N) is 2. The van der Waals surface area contributed by atoms with Crippen molar-refractivity contribution in [3.05, 3.63) is 29.8 Å². The molecule has 1 fully saturated rings. The number of guanidine groups is 1. The van der Waals surface area contributed by atoms with Crippen LogP contribution in [0.2, 0.25) is 0 Å². The first-order valence-electron chi connectivity index (χ1n) is 8.96. The molecule has 1 aliphatic heterocycles. The van der Waals surface area contributed by atoms with Crippen LogP contribution < -0.4 is 15.5 Å². The Morgan fingerprint density at radius 2 is 2.04 bits per heavy atom. The Morgan fingerprint density at radius 3 is 2.68 bits per heavy atom. The Balaban J connectivity index is 2.03. The van der Waals surface area contributed by atoms with Crippen LogP contribution in [-0.4, -0.2) is 52.6 Å². The van der Waals surface area contributed by atoms with E-state index in [1.165, 1.54) is 30.3 Å². The SMILES string of the molecule is CCNC(=NCCS(C)(=O)=O)NC(C)c1cccc(N2CCCC2)c1. The Kier molecular flexibility index (Phi) is 7.11. The predicted molar refractivity (Wildman–Crippen MR) is 105 cm³/mol. The van der Waals surface area contributed by atoms with Crippen molar-refractivity contribution in [1.29, 1.82) is 0 Å². The van der Waals surface area contributed by atoms with Gasteiger partial charge in [-0.25, -0.2) is 8.42 Å². The monoisotopic (exact) mass is 366 g/mol. The fourth-order valence-corrected chi connectivity index (χ4v) is 3.32. The van der Waals surface area contributed by atoms with Crippen LogP contribution in [0.15, 0.2) is 29.3 Å². The van der Waals surface area contributed by atoms with Crippen molar-refractivity contribution < 1.29 is 8.42 Å². The van der Waals surface area contributed by atoms with Crippen LogP contribution in [-0.2, 0) is 9.84 Å². The van der Waals surface area contributed by atoms with E-state index in [4.69, 9.17) is 0 Å². The van der Waals surface area contributed by atoms with Crippen molar-refractivity contribution in [2.75, 3.05) is 43.1 Å². The molecule has 25 heavy (non-hydrogen) atoms. The van der Waals surface area contributed by atoms with Crippen molar-refractivity contribution in [1.82, 2.24) is 10.6 Å². The molecule has 7 heteroatoms. The summed E-state index contributed by atoms with van der Waals surface area (Å²) in [5.41, 5.74) is 2.46. The summed E-state index contributed by atoms with van der Waals surface area (Å²) >= 11 is 0. The number of sulfone groups is 1. The van der Waals surface area contributed by atoms with Crippen LogP contribution in [0.4, 0.5) is 5.69 Å². The smallest absolute Gasteiger partial charge is 0.191 e. The zero-order valence-corrected chi connectivity index (χ0v) is 16.3. The first-order chi connectivity index (χ1) is 11.9. The van der Waals surface area contributed by atoms with Gasteiger partial charge in [-0.3, -0.25) is 4.99 Å². The molecule has 1 aromatic carbocycles. The molecule has 140 valence electrons. The van der Waals surface area contributed by atoms with E-state index in [0.717, 1.165) is 19.6 Å². The minimum Gasteiger partial charge on any atom is -0.372 e. The van der Waals surface area contributed by atoms with E-state index in [2.05, 4.69) is 51.7 Å². The zero-order chi connectivity index (χ0) is 18.3. The van der Waals surface area contributed by atoms with Gasteiger partial charge in [-0.2, -0.15) is 0 Å². The van der Waals surface area contributed by atoms with Crippen LogP contribution in [0.5, 0.6) is 0 Å². The number of hydrogen-bond donors (Lipinski definition) is 2. The molecule has 0 aromatic heterocycles. The maximum Gasteiger partial charge on any atom is 0.191 e. The van der Waals surface area contributed by atoms with Gasteiger partial charge in [0.25, 0.3) is 0 Å². The van der Waals surface area contributed by atoms with Crippen LogP contribution >= 0.6 is 0 Å². The molecule has 0 bridgehead atoms. The van der Waals surface area contributed by atoms with Gasteiger partial charge in [-0.1, -0.05) is 12.1 Å². The Morgan fingerprint density at radius 1 is 1.32 bits per heavy atom. The molecule has 1 aromatic rings. The quantitative estimate of drug-likeness (QED) is 0.570. The van der Waals surface area contributed by atoms with Crippen molar-refractivity contribution in [2.45, 2.75) is 32.7 Å². The predicted octanol–water partition coefficient (Wildman–Crippen LogP) is 1.95. The van der Waals surface area contributed by atoms with E-state index in [9.17, 15) is 8.42 Å². The van der Waals surface area contributed by atoms with Gasteiger partial charge in [0.15, 0.2) is 5.96 Å². The summed E-state index contributed by atoms with van der Waals surface area (Å²) in [5, 5.41) is 6.54. The van der Waals surface area contributed by atoms with E-state index < -0.39 is 9.84 Å². The van der Waals surface area contributed by atoms with Crippen molar-refractivity contribution in [3.8, 4) is 0 Å². The fourth-order valence-electron chi connectivity index (χ4n) is 2.90. The highest BCUT2D eigenvalue weighted by Gasteiger charge is 2.14. The van der Waals surface area contributed by atoms with Gasteiger partial charge >= 0.3 is 0 Å². The molecule has 1 saturated heterocycles.